The number of hydrogen-bond donors (Lipinski definition) is 2. The summed E-state index contributed by atoms with van der Waals surface area (Å²) in [5.74, 6) is 0.801. The van der Waals surface area contributed by atoms with Gasteiger partial charge in [-0.25, -0.2) is 0 Å². The van der Waals surface area contributed by atoms with Crippen LogP contribution in [0.4, 0.5) is 5.82 Å². The number of rotatable bonds is 2. The zero-order valence-electron chi connectivity index (χ0n) is 9.45. The Balaban J connectivity index is 1.86. The van der Waals surface area contributed by atoms with Crippen LogP contribution in [0.5, 0.6) is 0 Å². The summed E-state index contributed by atoms with van der Waals surface area (Å²) in [6, 6.07) is 0.468. The molecule has 0 unspecified atom stereocenters. The molecule has 1 aliphatic rings. The zero-order chi connectivity index (χ0) is 11.7. The van der Waals surface area contributed by atoms with Gasteiger partial charge >= 0.3 is 0 Å². The van der Waals surface area contributed by atoms with Crippen LogP contribution in [0.15, 0.2) is 12.4 Å². The van der Waals surface area contributed by atoms with Gasteiger partial charge in [-0.1, -0.05) is 12.8 Å². The third kappa shape index (κ3) is 1.93. The Hall–Kier alpha value is -1.76. The summed E-state index contributed by atoms with van der Waals surface area (Å²) in [6.07, 6.45) is 7.93. The molecule has 3 rings (SSSR count). The Morgan fingerprint density at radius 1 is 1.29 bits per heavy atom. The number of aromatic nitrogens is 5. The molecule has 7 heteroatoms. The minimum atomic E-state index is 0.190. The van der Waals surface area contributed by atoms with Gasteiger partial charge in [-0.3, -0.25) is 4.98 Å². The molecule has 0 aliphatic heterocycles. The monoisotopic (exact) mass is 233 g/mol. The van der Waals surface area contributed by atoms with Gasteiger partial charge in [0.25, 0.3) is 0 Å². The third-order valence-corrected chi connectivity index (χ3v) is 3.26. The van der Waals surface area contributed by atoms with Gasteiger partial charge < -0.3 is 11.1 Å². The predicted molar refractivity (Wildman–Crippen MR) is 62.4 cm³/mol. The van der Waals surface area contributed by atoms with Gasteiger partial charge in [0.2, 0.25) is 0 Å². The molecule has 0 saturated heterocycles. The van der Waals surface area contributed by atoms with Crippen molar-refractivity contribution in [1.29, 1.82) is 0 Å². The number of nitrogens with zero attached hydrogens (tertiary/aromatic N) is 5. The van der Waals surface area contributed by atoms with Gasteiger partial charge in [0, 0.05) is 12.1 Å². The highest BCUT2D eigenvalue weighted by molar-refractivity contribution is 5.44. The average molecular weight is 233 g/mol. The normalized spacial score (nSPS) is 25.0. The number of nitrogens with one attached hydrogen (secondary N) is 1. The second kappa shape index (κ2) is 4.25. The van der Waals surface area contributed by atoms with E-state index in [-0.39, 0.29) is 12.1 Å². The molecule has 2 aromatic rings. The van der Waals surface area contributed by atoms with E-state index >= 15 is 0 Å². The number of hydrogen-bond acceptors (Lipinski definition) is 6. The molecular weight excluding hydrogens is 218 g/mol. The van der Waals surface area contributed by atoms with Gasteiger partial charge in [0.1, 0.15) is 0 Å². The first kappa shape index (κ1) is 10.4. The number of nitrogens with two attached hydrogens (primary N) is 1. The van der Waals surface area contributed by atoms with Crippen molar-refractivity contribution in [1.82, 2.24) is 25.0 Å². The van der Waals surface area contributed by atoms with E-state index in [9.17, 15) is 0 Å². The van der Waals surface area contributed by atoms with Crippen LogP contribution in [0.2, 0.25) is 0 Å². The molecule has 0 bridgehead atoms. The largest absolute Gasteiger partial charge is 0.364 e. The molecule has 1 saturated carbocycles. The van der Waals surface area contributed by atoms with Gasteiger partial charge in [-0.15, -0.1) is 5.10 Å². The van der Waals surface area contributed by atoms with Gasteiger partial charge in [0.15, 0.2) is 11.5 Å². The Morgan fingerprint density at radius 3 is 3.06 bits per heavy atom. The Labute approximate surface area is 98.4 Å². The first-order chi connectivity index (χ1) is 8.34. The maximum Gasteiger partial charge on any atom is 0.199 e. The molecule has 3 N–H and O–H groups in total. The van der Waals surface area contributed by atoms with E-state index in [1.807, 2.05) is 0 Å². The summed E-state index contributed by atoms with van der Waals surface area (Å²) in [4.78, 5) is 4.11. The van der Waals surface area contributed by atoms with Gasteiger partial charge in [-0.05, 0) is 23.3 Å². The fraction of sp³-hybridized carbons (Fsp3) is 0.600. The molecular formula is C10H15N7. The van der Waals surface area contributed by atoms with Gasteiger partial charge in [-0.2, -0.15) is 4.52 Å². The van der Waals surface area contributed by atoms with Crippen LogP contribution in [-0.4, -0.2) is 37.1 Å². The maximum atomic E-state index is 6.10. The predicted octanol–water partition coefficient (Wildman–Crippen LogP) is 0.201. The molecule has 0 spiro atoms. The minimum Gasteiger partial charge on any atom is -0.364 e. The van der Waals surface area contributed by atoms with E-state index in [4.69, 9.17) is 5.73 Å². The fourth-order valence-electron chi connectivity index (χ4n) is 2.30. The zero-order valence-corrected chi connectivity index (χ0v) is 9.45. The number of anilines is 1. The summed E-state index contributed by atoms with van der Waals surface area (Å²) in [5.41, 5.74) is 6.74. The standard InChI is InChI=1S/C10H15N7/c11-7-3-1-2-4-8(7)13-9-5-12-6-10-14-15-16-17(9)10/h5-8,13H,1-4,11H2/t7-,8-/m1/s1. The second-order valence-electron chi connectivity index (χ2n) is 4.44. The summed E-state index contributed by atoms with van der Waals surface area (Å²) in [7, 11) is 0. The van der Waals surface area contributed by atoms with Crippen molar-refractivity contribution in [2.75, 3.05) is 5.32 Å². The average Bonchev–Trinajstić information content (AvgIpc) is 2.81. The van der Waals surface area contributed by atoms with Crippen molar-refractivity contribution in [3.05, 3.63) is 12.4 Å². The lowest BCUT2D eigenvalue weighted by atomic mass is 9.91. The third-order valence-electron chi connectivity index (χ3n) is 3.26. The molecule has 90 valence electrons. The molecule has 7 nitrogen and oxygen atoms in total. The minimum absolute atomic E-state index is 0.190. The maximum absolute atomic E-state index is 6.10. The van der Waals surface area contributed by atoms with Gasteiger partial charge in [0.05, 0.1) is 12.4 Å². The van der Waals surface area contributed by atoms with Crippen LogP contribution >= 0.6 is 0 Å². The fourth-order valence-corrected chi connectivity index (χ4v) is 2.30. The van der Waals surface area contributed by atoms with E-state index in [1.54, 1.807) is 16.9 Å². The van der Waals surface area contributed by atoms with Crippen LogP contribution in [0.25, 0.3) is 5.65 Å². The highest BCUT2D eigenvalue weighted by Gasteiger charge is 2.22. The van der Waals surface area contributed by atoms with Crippen molar-refractivity contribution in [2.24, 2.45) is 5.73 Å². The molecule has 2 heterocycles. The van der Waals surface area contributed by atoms with Crippen molar-refractivity contribution in [2.45, 2.75) is 37.8 Å². The van der Waals surface area contributed by atoms with Crippen molar-refractivity contribution < 1.29 is 0 Å². The molecule has 2 aromatic heterocycles. The summed E-state index contributed by atoms with van der Waals surface area (Å²) in [5, 5.41) is 14.8. The van der Waals surface area contributed by atoms with Crippen LogP contribution in [0, 0.1) is 0 Å². The Kier molecular flexibility index (Phi) is 2.60. The van der Waals surface area contributed by atoms with E-state index in [2.05, 4.69) is 25.8 Å². The molecule has 0 amide bonds. The lowest BCUT2D eigenvalue weighted by Crippen LogP contribution is -2.43. The molecule has 1 fully saturated rings. The van der Waals surface area contributed by atoms with E-state index in [0.29, 0.717) is 5.65 Å². The van der Waals surface area contributed by atoms with Crippen molar-refractivity contribution in [3.63, 3.8) is 0 Å². The molecule has 0 radical (unpaired) electrons. The van der Waals surface area contributed by atoms with Crippen molar-refractivity contribution in [3.8, 4) is 0 Å². The van der Waals surface area contributed by atoms with Crippen LogP contribution < -0.4 is 11.1 Å². The topological polar surface area (TPSA) is 94.0 Å². The van der Waals surface area contributed by atoms with Crippen LogP contribution in [0.1, 0.15) is 25.7 Å². The van der Waals surface area contributed by atoms with E-state index < -0.39 is 0 Å². The molecule has 2 atom stereocenters. The van der Waals surface area contributed by atoms with Crippen LogP contribution in [-0.2, 0) is 0 Å². The number of tetrazole rings is 1. The van der Waals surface area contributed by atoms with Crippen molar-refractivity contribution >= 4 is 11.5 Å². The summed E-state index contributed by atoms with van der Waals surface area (Å²) < 4.78 is 1.65. The Bertz CT molecular complexity index is 508. The lowest BCUT2D eigenvalue weighted by Gasteiger charge is -2.29. The second-order valence-corrected chi connectivity index (χ2v) is 4.44. The van der Waals surface area contributed by atoms with Crippen LogP contribution in [0.3, 0.4) is 0 Å². The summed E-state index contributed by atoms with van der Waals surface area (Å²) >= 11 is 0. The van der Waals surface area contributed by atoms with E-state index in [1.165, 1.54) is 12.8 Å². The molecule has 1 aliphatic carbocycles. The quantitative estimate of drug-likeness (QED) is 0.769. The molecule has 0 aromatic carbocycles. The SMILES string of the molecule is N[C@@H]1CCCC[C@H]1Nc1cncc2nnnn12. The highest BCUT2D eigenvalue weighted by atomic mass is 15.5. The first-order valence-corrected chi connectivity index (χ1v) is 5.89. The lowest BCUT2D eigenvalue weighted by molar-refractivity contribution is 0.402. The highest BCUT2D eigenvalue weighted by Crippen LogP contribution is 2.20. The smallest absolute Gasteiger partial charge is 0.199 e. The first-order valence-electron chi connectivity index (χ1n) is 5.89. The molecule has 17 heavy (non-hydrogen) atoms. The Morgan fingerprint density at radius 2 is 2.18 bits per heavy atom. The summed E-state index contributed by atoms with van der Waals surface area (Å²) in [6.45, 7) is 0. The number of fused-ring (bicyclic) bond motifs is 1. The van der Waals surface area contributed by atoms with E-state index in [0.717, 1.165) is 18.7 Å².